The van der Waals surface area contributed by atoms with Crippen molar-refractivity contribution in [3.63, 3.8) is 0 Å². The molecule has 9 nitrogen and oxygen atoms in total. The normalized spacial score (nSPS) is 18.1. The first-order valence-electron chi connectivity index (χ1n) is 9.96. The maximum absolute atomic E-state index is 12.4. The Morgan fingerprint density at radius 3 is 1.94 bits per heavy atom. The highest BCUT2D eigenvalue weighted by Crippen LogP contribution is 2.41. The number of carbonyl (C=O) groups excluding carboxylic acids is 5. The van der Waals surface area contributed by atoms with E-state index >= 15 is 0 Å². The standard InChI is InChI=1S/C14H9ClO5.C10H5ClO4/c1-5(16)9-4-6-12(18)11-8(17)3-2-7(15)10(11)13(19)14(6)20-9;11-4-1-2-5(12)9-6(13)3-7(14)10(15)8(4)9/h2-3,9,17H,4H2,1H3;1-3,12-13H. The molecule has 3 N–H and O–H groups in total. The Labute approximate surface area is 206 Å². The third-order valence-corrected chi connectivity index (χ3v) is 6.18. The van der Waals surface area contributed by atoms with Crippen LogP contribution in [0.3, 0.4) is 0 Å². The van der Waals surface area contributed by atoms with E-state index in [4.69, 9.17) is 27.9 Å². The Morgan fingerprint density at radius 1 is 0.829 bits per heavy atom. The number of benzene rings is 2. The van der Waals surface area contributed by atoms with Crippen LogP contribution in [0.5, 0.6) is 11.5 Å². The van der Waals surface area contributed by atoms with Crippen LogP contribution in [0.25, 0.3) is 5.76 Å². The molecular formula is C24H14Cl2O9. The summed E-state index contributed by atoms with van der Waals surface area (Å²) in [5.41, 5.74) is -0.303. The Kier molecular flexibility index (Phi) is 6.00. The Bertz CT molecular complexity index is 1400. The summed E-state index contributed by atoms with van der Waals surface area (Å²) in [6.45, 7) is 1.33. The van der Waals surface area contributed by atoms with E-state index in [0.717, 1.165) is 6.08 Å². The van der Waals surface area contributed by atoms with Crippen molar-refractivity contribution in [3.8, 4) is 11.5 Å². The number of aromatic hydroxyl groups is 2. The Hall–Kier alpha value is -3.95. The highest BCUT2D eigenvalue weighted by atomic mass is 35.5. The molecule has 0 radical (unpaired) electrons. The van der Waals surface area contributed by atoms with Gasteiger partial charge in [-0.25, -0.2) is 0 Å². The van der Waals surface area contributed by atoms with Gasteiger partial charge in [-0.15, -0.1) is 0 Å². The number of phenolic OH excluding ortho intramolecular Hbond substituents is 2. The van der Waals surface area contributed by atoms with E-state index in [-0.39, 0.29) is 67.3 Å². The van der Waals surface area contributed by atoms with E-state index in [1.54, 1.807) is 0 Å². The molecule has 0 fully saturated rings. The van der Waals surface area contributed by atoms with Crippen LogP contribution in [0.15, 0.2) is 41.7 Å². The monoisotopic (exact) mass is 516 g/mol. The van der Waals surface area contributed by atoms with E-state index in [0.29, 0.717) is 0 Å². The number of phenols is 2. The summed E-state index contributed by atoms with van der Waals surface area (Å²) in [6.07, 6.45) is -0.0235. The highest BCUT2D eigenvalue weighted by Gasteiger charge is 2.43. The molecule has 0 amide bonds. The number of hydrogen-bond acceptors (Lipinski definition) is 9. The van der Waals surface area contributed by atoms with Crippen LogP contribution >= 0.6 is 23.2 Å². The number of hydrogen-bond donors (Lipinski definition) is 3. The van der Waals surface area contributed by atoms with Gasteiger partial charge in [-0.1, -0.05) is 23.2 Å². The number of Topliss-reactive ketones (excluding diaryl/α,β-unsaturated/α-hetero) is 4. The first-order chi connectivity index (χ1) is 16.4. The predicted molar refractivity (Wildman–Crippen MR) is 122 cm³/mol. The van der Waals surface area contributed by atoms with Gasteiger partial charge in [0.25, 0.3) is 0 Å². The molecule has 1 atom stereocenters. The van der Waals surface area contributed by atoms with Gasteiger partial charge in [-0.3, -0.25) is 24.0 Å². The highest BCUT2D eigenvalue weighted by molar-refractivity contribution is 6.53. The molecule has 178 valence electrons. The van der Waals surface area contributed by atoms with Crippen molar-refractivity contribution in [2.24, 2.45) is 0 Å². The lowest BCUT2D eigenvalue weighted by atomic mass is 9.86. The maximum atomic E-state index is 12.4. The smallest absolute Gasteiger partial charge is 0.235 e. The lowest BCUT2D eigenvalue weighted by molar-refractivity contribution is -0.124. The molecule has 2 aromatic rings. The van der Waals surface area contributed by atoms with E-state index in [2.05, 4.69) is 0 Å². The molecule has 3 aliphatic rings. The average molecular weight is 517 g/mol. The Morgan fingerprint density at radius 2 is 1.37 bits per heavy atom. The lowest BCUT2D eigenvalue weighted by Crippen LogP contribution is -2.21. The number of fused-ring (bicyclic) bond motifs is 2. The molecular weight excluding hydrogens is 503 g/mol. The average Bonchev–Trinajstić information content (AvgIpc) is 3.26. The van der Waals surface area contributed by atoms with Crippen molar-refractivity contribution in [2.45, 2.75) is 19.4 Å². The van der Waals surface area contributed by atoms with Gasteiger partial charge in [0, 0.05) is 12.5 Å². The van der Waals surface area contributed by atoms with Gasteiger partial charge in [0.1, 0.15) is 17.3 Å². The number of ketones is 5. The van der Waals surface area contributed by atoms with Crippen LogP contribution in [0, 0.1) is 0 Å². The van der Waals surface area contributed by atoms with Crippen molar-refractivity contribution >= 4 is 57.9 Å². The number of halogens is 2. The summed E-state index contributed by atoms with van der Waals surface area (Å²) in [5, 5.41) is 28.8. The lowest BCUT2D eigenvalue weighted by Gasteiger charge is -2.17. The van der Waals surface area contributed by atoms with Crippen molar-refractivity contribution in [1.29, 1.82) is 0 Å². The minimum Gasteiger partial charge on any atom is -0.507 e. The summed E-state index contributed by atoms with van der Waals surface area (Å²) in [4.78, 5) is 58.6. The van der Waals surface area contributed by atoms with Gasteiger partial charge in [0.15, 0.2) is 23.4 Å². The quantitative estimate of drug-likeness (QED) is 0.480. The van der Waals surface area contributed by atoms with Crippen LogP contribution in [-0.2, 0) is 14.3 Å². The summed E-state index contributed by atoms with van der Waals surface area (Å²) < 4.78 is 5.28. The van der Waals surface area contributed by atoms with E-state index < -0.39 is 35.0 Å². The van der Waals surface area contributed by atoms with Crippen LogP contribution in [0.4, 0.5) is 0 Å². The molecule has 1 heterocycles. The van der Waals surface area contributed by atoms with Crippen molar-refractivity contribution in [2.75, 3.05) is 0 Å². The second-order valence-corrected chi connectivity index (χ2v) is 8.56. The molecule has 1 unspecified atom stereocenters. The molecule has 5 rings (SSSR count). The van der Waals surface area contributed by atoms with Crippen LogP contribution in [0.2, 0.25) is 10.0 Å². The van der Waals surface area contributed by atoms with Gasteiger partial charge < -0.3 is 20.1 Å². The summed E-state index contributed by atoms with van der Waals surface area (Å²) >= 11 is 11.7. The fraction of sp³-hybridized carbons (Fsp3) is 0.125. The summed E-state index contributed by atoms with van der Waals surface area (Å²) in [5.74, 6) is -4.21. The zero-order valence-corrected chi connectivity index (χ0v) is 19.2. The molecule has 0 saturated heterocycles. The SMILES string of the molecule is CC(=O)C1CC2=C(O1)C(=O)c1c(Cl)ccc(O)c1C2=O.O=C1C=C(O)c2c(O)ccc(Cl)c2C1=O. The largest absolute Gasteiger partial charge is 0.507 e. The van der Waals surface area contributed by atoms with Crippen LogP contribution in [0.1, 0.15) is 50.0 Å². The minimum atomic E-state index is -0.854. The van der Waals surface area contributed by atoms with E-state index in [9.17, 15) is 39.3 Å². The van der Waals surface area contributed by atoms with Gasteiger partial charge in [0.05, 0.1) is 37.9 Å². The molecule has 2 aliphatic carbocycles. The number of aliphatic hydroxyl groups is 1. The Balaban J connectivity index is 0.000000172. The number of carbonyl (C=O) groups is 5. The van der Waals surface area contributed by atoms with E-state index in [1.807, 2.05) is 0 Å². The molecule has 0 spiro atoms. The van der Waals surface area contributed by atoms with Crippen LogP contribution < -0.4 is 0 Å². The molecule has 35 heavy (non-hydrogen) atoms. The predicted octanol–water partition coefficient (Wildman–Crippen LogP) is 3.77. The van der Waals surface area contributed by atoms with Crippen LogP contribution in [-0.4, -0.2) is 50.3 Å². The van der Waals surface area contributed by atoms with Crippen molar-refractivity contribution < 1.29 is 44.0 Å². The third-order valence-electron chi connectivity index (χ3n) is 5.55. The fourth-order valence-electron chi connectivity index (χ4n) is 3.86. The number of aliphatic hydroxyl groups excluding tert-OH is 1. The third kappa shape index (κ3) is 3.88. The second-order valence-electron chi connectivity index (χ2n) is 7.74. The first-order valence-corrected chi connectivity index (χ1v) is 10.7. The van der Waals surface area contributed by atoms with Gasteiger partial charge >= 0.3 is 0 Å². The zero-order chi connectivity index (χ0) is 25.8. The molecule has 0 bridgehead atoms. The summed E-state index contributed by atoms with van der Waals surface area (Å²) in [6, 6.07) is 5.13. The van der Waals surface area contributed by atoms with Gasteiger partial charge in [0.2, 0.25) is 17.3 Å². The van der Waals surface area contributed by atoms with Crippen molar-refractivity contribution in [3.05, 3.63) is 74.0 Å². The minimum absolute atomic E-state index is 0.0285. The molecule has 11 heteroatoms. The molecule has 2 aromatic carbocycles. The number of ether oxygens (including phenoxy) is 1. The summed E-state index contributed by atoms with van der Waals surface area (Å²) in [7, 11) is 0. The second kappa shape index (κ2) is 8.68. The number of allylic oxidation sites excluding steroid dienone is 2. The fourth-order valence-corrected chi connectivity index (χ4v) is 4.35. The first kappa shape index (κ1) is 24.2. The van der Waals surface area contributed by atoms with Gasteiger partial charge in [-0.05, 0) is 31.2 Å². The molecule has 0 aromatic heterocycles. The van der Waals surface area contributed by atoms with Crippen molar-refractivity contribution in [1.82, 2.24) is 0 Å². The maximum Gasteiger partial charge on any atom is 0.235 e. The van der Waals surface area contributed by atoms with E-state index in [1.165, 1.54) is 31.2 Å². The number of rotatable bonds is 1. The molecule has 0 saturated carbocycles. The molecule has 1 aliphatic heterocycles. The van der Waals surface area contributed by atoms with Gasteiger partial charge in [-0.2, -0.15) is 0 Å². The zero-order valence-electron chi connectivity index (χ0n) is 17.7. The topological polar surface area (TPSA) is 155 Å².